The van der Waals surface area contributed by atoms with Crippen molar-refractivity contribution < 1.29 is 22.2 Å². The molecule has 0 aromatic carbocycles. The maximum Gasteiger partial charge on any atom is 0.424 e. The lowest BCUT2D eigenvalue weighted by molar-refractivity contribution is -0.208. The van der Waals surface area contributed by atoms with Crippen molar-refractivity contribution in [3.63, 3.8) is 0 Å². The van der Waals surface area contributed by atoms with Gasteiger partial charge in [0, 0.05) is 0 Å². The predicted molar refractivity (Wildman–Crippen MR) is 61.2 cm³/mol. The van der Waals surface area contributed by atoms with Gasteiger partial charge in [-0.2, -0.15) is 8.42 Å². The molecule has 98 valence electrons. The quantitative estimate of drug-likeness (QED) is 0.265. The summed E-state index contributed by atoms with van der Waals surface area (Å²) in [7, 11) is -4.45. The first kappa shape index (κ1) is 15.8. The first-order valence-corrected chi connectivity index (χ1v) is 7.21. The molecule has 0 unspecified atom stereocenters. The number of unbranched alkanes of at least 4 members (excludes halogenated alkanes) is 7. The van der Waals surface area contributed by atoms with Gasteiger partial charge < -0.3 is 0 Å². The van der Waals surface area contributed by atoms with E-state index in [1.807, 2.05) is 0 Å². The Hall–Kier alpha value is -0.170. The second-order valence-electron chi connectivity index (χ2n) is 3.79. The van der Waals surface area contributed by atoms with Gasteiger partial charge in [0.1, 0.15) is 0 Å². The van der Waals surface area contributed by atoms with Crippen LogP contribution in [0.4, 0.5) is 0 Å². The minimum Gasteiger partial charge on any atom is -0.262 e. The summed E-state index contributed by atoms with van der Waals surface area (Å²) in [5, 5.41) is 0. The van der Waals surface area contributed by atoms with Crippen LogP contribution in [0.25, 0.3) is 0 Å². The summed E-state index contributed by atoms with van der Waals surface area (Å²) in [4.78, 5) is 4.31. The van der Waals surface area contributed by atoms with Crippen LogP contribution in [0.1, 0.15) is 58.3 Å². The topological polar surface area (TPSA) is 72.8 Å². The molecule has 0 fully saturated rings. The molecule has 1 N–H and O–H groups in total. The van der Waals surface area contributed by atoms with Crippen LogP contribution >= 0.6 is 0 Å². The summed E-state index contributed by atoms with van der Waals surface area (Å²) in [6.45, 7) is 2.38. The molecular formula is C10H22O5S. The highest BCUT2D eigenvalue weighted by Gasteiger charge is 2.04. The van der Waals surface area contributed by atoms with Crippen molar-refractivity contribution in [1.82, 2.24) is 0 Å². The highest BCUT2D eigenvalue weighted by molar-refractivity contribution is 7.80. The van der Waals surface area contributed by atoms with Crippen LogP contribution < -0.4 is 0 Å². The Kier molecular flexibility index (Phi) is 9.91. The van der Waals surface area contributed by atoms with E-state index in [0.29, 0.717) is 0 Å². The van der Waals surface area contributed by atoms with Crippen molar-refractivity contribution in [2.24, 2.45) is 0 Å². The van der Waals surface area contributed by atoms with E-state index in [-0.39, 0.29) is 6.61 Å². The van der Waals surface area contributed by atoms with E-state index in [0.717, 1.165) is 19.3 Å². The molecule has 0 saturated carbocycles. The predicted octanol–water partition coefficient (Wildman–Crippen LogP) is 2.88. The Morgan fingerprint density at radius 3 is 1.94 bits per heavy atom. The molecule has 0 aliphatic rings. The van der Waals surface area contributed by atoms with Crippen molar-refractivity contribution in [1.29, 1.82) is 0 Å². The third kappa shape index (κ3) is 13.8. The molecule has 0 atom stereocenters. The van der Waals surface area contributed by atoms with Crippen LogP contribution in [0.2, 0.25) is 0 Å². The van der Waals surface area contributed by atoms with Crippen LogP contribution in [-0.2, 0) is 19.6 Å². The Labute approximate surface area is 98.0 Å². The summed E-state index contributed by atoms with van der Waals surface area (Å²) in [6, 6.07) is 0. The lowest BCUT2D eigenvalue weighted by atomic mass is 10.1. The molecule has 0 saturated heterocycles. The second kappa shape index (κ2) is 10.0. The van der Waals surface area contributed by atoms with E-state index >= 15 is 0 Å². The van der Waals surface area contributed by atoms with E-state index in [4.69, 9.17) is 4.55 Å². The van der Waals surface area contributed by atoms with Gasteiger partial charge in [-0.05, 0) is 6.42 Å². The SMILES string of the molecule is CCCCCCCCCCOOS(=O)(=O)O. The summed E-state index contributed by atoms with van der Waals surface area (Å²) >= 11 is 0. The number of rotatable bonds is 11. The summed E-state index contributed by atoms with van der Waals surface area (Å²) in [6.07, 6.45) is 9.16. The normalized spacial score (nSPS) is 11.9. The second-order valence-corrected chi connectivity index (χ2v) is 4.78. The molecule has 16 heavy (non-hydrogen) atoms. The zero-order chi connectivity index (χ0) is 12.3. The van der Waals surface area contributed by atoms with Gasteiger partial charge in [-0.1, -0.05) is 56.2 Å². The third-order valence-corrected chi connectivity index (χ3v) is 2.48. The highest BCUT2D eigenvalue weighted by atomic mass is 32.3. The Bertz CT molecular complexity index is 238. The number of hydrogen-bond acceptors (Lipinski definition) is 4. The molecule has 0 heterocycles. The molecule has 0 aromatic heterocycles. The van der Waals surface area contributed by atoms with E-state index < -0.39 is 10.4 Å². The molecule has 0 radical (unpaired) electrons. The third-order valence-electron chi connectivity index (χ3n) is 2.22. The largest absolute Gasteiger partial charge is 0.424 e. The molecule has 0 amide bonds. The zero-order valence-corrected chi connectivity index (χ0v) is 10.7. The highest BCUT2D eigenvalue weighted by Crippen LogP contribution is 2.08. The van der Waals surface area contributed by atoms with Crippen LogP contribution in [0, 0.1) is 0 Å². The number of hydrogen-bond donors (Lipinski definition) is 1. The van der Waals surface area contributed by atoms with Crippen LogP contribution in [-0.4, -0.2) is 19.6 Å². The fraction of sp³-hybridized carbons (Fsp3) is 1.00. The lowest BCUT2D eigenvalue weighted by Gasteiger charge is -2.01. The van der Waals surface area contributed by atoms with Gasteiger partial charge in [0.15, 0.2) is 0 Å². The molecule has 0 aromatic rings. The summed E-state index contributed by atoms with van der Waals surface area (Å²) in [5.74, 6) is 0. The van der Waals surface area contributed by atoms with Crippen molar-refractivity contribution in [2.45, 2.75) is 58.3 Å². The Morgan fingerprint density at radius 2 is 1.44 bits per heavy atom. The zero-order valence-electron chi connectivity index (χ0n) is 9.85. The first-order valence-electron chi connectivity index (χ1n) is 5.85. The minimum absolute atomic E-state index is 0.189. The van der Waals surface area contributed by atoms with Gasteiger partial charge >= 0.3 is 10.4 Å². The standard InChI is InChI=1S/C10H22O5S/c1-2-3-4-5-6-7-8-9-10-14-15-16(11,12)13/h2-10H2,1H3,(H,11,12,13). The summed E-state index contributed by atoms with van der Waals surface area (Å²) in [5.41, 5.74) is 0. The van der Waals surface area contributed by atoms with Crippen LogP contribution in [0.5, 0.6) is 0 Å². The van der Waals surface area contributed by atoms with E-state index in [1.165, 1.54) is 32.1 Å². The van der Waals surface area contributed by atoms with Crippen molar-refractivity contribution in [3.8, 4) is 0 Å². The van der Waals surface area contributed by atoms with Crippen LogP contribution in [0.15, 0.2) is 0 Å². The molecule has 0 spiro atoms. The molecule has 0 bridgehead atoms. The molecule has 6 heteroatoms. The Morgan fingerprint density at radius 1 is 0.938 bits per heavy atom. The van der Waals surface area contributed by atoms with Crippen molar-refractivity contribution in [3.05, 3.63) is 0 Å². The van der Waals surface area contributed by atoms with E-state index in [1.54, 1.807) is 0 Å². The molecule has 0 aliphatic heterocycles. The van der Waals surface area contributed by atoms with Gasteiger partial charge in [-0.25, -0.2) is 4.89 Å². The fourth-order valence-electron chi connectivity index (χ4n) is 1.39. The molecular weight excluding hydrogens is 232 g/mol. The van der Waals surface area contributed by atoms with Crippen molar-refractivity contribution in [2.75, 3.05) is 6.61 Å². The molecule has 5 nitrogen and oxygen atoms in total. The average molecular weight is 254 g/mol. The van der Waals surface area contributed by atoms with E-state index in [2.05, 4.69) is 16.1 Å². The van der Waals surface area contributed by atoms with Gasteiger partial charge in [0.25, 0.3) is 0 Å². The van der Waals surface area contributed by atoms with Gasteiger partial charge in [0.05, 0.1) is 6.61 Å². The van der Waals surface area contributed by atoms with Crippen LogP contribution in [0.3, 0.4) is 0 Å². The lowest BCUT2D eigenvalue weighted by Crippen LogP contribution is -2.05. The molecule has 0 aliphatic carbocycles. The van der Waals surface area contributed by atoms with Crippen molar-refractivity contribution >= 4 is 10.4 Å². The minimum atomic E-state index is -4.45. The monoisotopic (exact) mass is 254 g/mol. The van der Waals surface area contributed by atoms with Gasteiger partial charge in [0.2, 0.25) is 0 Å². The first-order chi connectivity index (χ1) is 7.56. The van der Waals surface area contributed by atoms with Gasteiger partial charge in [-0.3, -0.25) is 4.55 Å². The fourth-order valence-corrected chi connectivity index (χ4v) is 1.58. The maximum atomic E-state index is 10.1. The summed E-state index contributed by atoms with van der Waals surface area (Å²) < 4.78 is 32.0. The molecule has 0 rings (SSSR count). The Balaban J connectivity index is 3.05. The average Bonchev–Trinajstić information content (AvgIpc) is 2.19. The van der Waals surface area contributed by atoms with Gasteiger partial charge in [-0.15, -0.1) is 0 Å². The smallest absolute Gasteiger partial charge is 0.262 e. The van der Waals surface area contributed by atoms with E-state index in [9.17, 15) is 8.42 Å². The maximum absolute atomic E-state index is 10.1.